The molecule has 0 heterocycles. The Kier molecular flexibility index (Phi) is 3.87. The summed E-state index contributed by atoms with van der Waals surface area (Å²) < 4.78 is 0. The van der Waals surface area contributed by atoms with Crippen molar-refractivity contribution in [1.29, 1.82) is 0 Å². The van der Waals surface area contributed by atoms with Gasteiger partial charge in [0.1, 0.15) is 0 Å². The maximum absolute atomic E-state index is 6.00. The first-order valence-electron chi connectivity index (χ1n) is 4.77. The van der Waals surface area contributed by atoms with E-state index in [0.29, 0.717) is 12.1 Å². The molecule has 0 aromatic heterocycles. The monoisotopic (exact) mass is 156 g/mol. The Morgan fingerprint density at radius 1 is 1.09 bits per heavy atom. The van der Waals surface area contributed by atoms with Crippen LogP contribution >= 0.6 is 0 Å². The first-order chi connectivity index (χ1) is 5.34. The lowest BCUT2D eigenvalue weighted by Crippen LogP contribution is -2.43. The zero-order valence-electron chi connectivity index (χ0n) is 7.47. The van der Waals surface area contributed by atoms with Gasteiger partial charge in [-0.3, -0.25) is 0 Å². The Hall–Kier alpha value is -0.0800. The number of hydrogen-bond acceptors (Lipinski definition) is 2. The molecule has 11 heavy (non-hydrogen) atoms. The molecule has 1 aliphatic rings. The van der Waals surface area contributed by atoms with Crippen LogP contribution < -0.4 is 11.1 Å². The molecule has 0 spiro atoms. The maximum atomic E-state index is 6.00. The van der Waals surface area contributed by atoms with E-state index in [1.54, 1.807) is 0 Å². The Bertz CT molecular complexity index is 104. The minimum Gasteiger partial charge on any atom is -0.326 e. The Morgan fingerprint density at radius 2 is 1.73 bits per heavy atom. The molecule has 0 radical (unpaired) electrons. The highest BCUT2D eigenvalue weighted by Gasteiger charge is 2.16. The first kappa shape index (κ1) is 9.01. The Balaban J connectivity index is 2.33. The standard InChI is InChI=1S/C9H20N2/c1-11-9-7-5-3-2-4-6-8(9)10/h8-9,11H,2-7,10H2,1H3. The molecule has 3 N–H and O–H groups in total. The van der Waals surface area contributed by atoms with E-state index in [4.69, 9.17) is 5.73 Å². The van der Waals surface area contributed by atoms with Crippen LogP contribution in [0, 0.1) is 0 Å². The summed E-state index contributed by atoms with van der Waals surface area (Å²) in [5.41, 5.74) is 6.00. The first-order valence-corrected chi connectivity index (χ1v) is 4.77. The largest absolute Gasteiger partial charge is 0.326 e. The van der Waals surface area contributed by atoms with Crippen molar-refractivity contribution in [2.75, 3.05) is 7.05 Å². The topological polar surface area (TPSA) is 38.0 Å². The predicted molar refractivity (Wildman–Crippen MR) is 48.5 cm³/mol. The highest BCUT2D eigenvalue weighted by molar-refractivity contribution is 4.79. The van der Waals surface area contributed by atoms with Crippen LogP contribution in [0.15, 0.2) is 0 Å². The molecule has 0 aromatic rings. The van der Waals surface area contributed by atoms with Crippen molar-refractivity contribution in [2.24, 2.45) is 5.73 Å². The van der Waals surface area contributed by atoms with Crippen LogP contribution in [0.2, 0.25) is 0 Å². The van der Waals surface area contributed by atoms with Gasteiger partial charge < -0.3 is 11.1 Å². The molecule has 2 nitrogen and oxygen atoms in total. The van der Waals surface area contributed by atoms with Crippen LogP contribution in [-0.2, 0) is 0 Å². The Morgan fingerprint density at radius 3 is 2.36 bits per heavy atom. The SMILES string of the molecule is CNC1CCCCCCC1N. The van der Waals surface area contributed by atoms with E-state index < -0.39 is 0 Å². The van der Waals surface area contributed by atoms with E-state index in [1.807, 2.05) is 7.05 Å². The van der Waals surface area contributed by atoms with Crippen LogP contribution in [0.4, 0.5) is 0 Å². The molecular weight excluding hydrogens is 136 g/mol. The quantitative estimate of drug-likeness (QED) is 0.599. The number of rotatable bonds is 1. The lowest BCUT2D eigenvalue weighted by molar-refractivity contribution is 0.364. The van der Waals surface area contributed by atoms with Crippen molar-refractivity contribution >= 4 is 0 Å². The molecule has 1 fully saturated rings. The van der Waals surface area contributed by atoms with Gasteiger partial charge in [-0.2, -0.15) is 0 Å². The van der Waals surface area contributed by atoms with Crippen molar-refractivity contribution in [2.45, 2.75) is 50.6 Å². The van der Waals surface area contributed by atoms with Gasteiger partial charge in [-0.25, -0.2) is 0 Å². The summed E-state index contributed by atoms with van der Waals surface area (Å²) in [6.45, 7) is 0. The minimum atomic E-state index is 0.389. The fraction of sp³-hybridized carbons (Fsp3) is 1.00. The third kappa shape index (κ3) is 2.80. The second kappa shape index (κ2) is 4.73. The van der Waals surface area contributed by atoms with Crippen LogP contribution in [0.3, 0.4) is 0 Å². The van der Waals surface area contributed by atoms with Crippen molar-refractivity contribution in [3.8, 4) is 0 Å². The molecule has 0 bridgehead atoms. The van der Waals surface area contributed by atoms with Crippen LogP contribution in [0.25, 0.3) is 0 Å². The molecule has 0 aromatic carbocycles. The van der Waals surface area contributed by atoms with Crippen LogP contribution in [-0.4, -0.2) is 19.1 Å². The third-order valence-corrected chi connectivity index (χ3v) is 2.69. The molecular formula is C9H20N2. The zero-order chi connectivity index (χ0) is 8.10. The van der Waals surface area contributed by atoms with E-state index >= 15 is 0 Å². The maximum Gasteiger partial charge on any atom is 0.0216 e. The predicted octanol–water partition coefficient (Wildman–Crippen LogP) is 1.26. The third-order valence-electron chi connectivity index (χ3n) is 2.69. The molecule has 0 aliphatic heterocycles. The Labute approximate surface area is 69.5 Å². The summed E-state index contributed by atoms with van der Waals surface area (Å²) in [7, 11) is 2.02. The van der Waals surface area contributed by atoms with Crippen molar-refractivity contribution in [1.82, 2.24) is 5.32 Å². The second-order valence-corrected chi connectivity index (χ2v) is 3.55. The molecule has 66 valence electrons. The van der Waals surface area contributed by atoms with Gasteiger partial charge in [0.05, 0.1) is 0 Å². The highest BCUT2D eigenvalue weighted by atomic mass is 14.9. The highest BCUT2D eigenvalue weighted by Crippen LogP contribution is 2.15. The molecule has 2 atom stereocenters. The molecule has 0 amide bonds. The number of hydrogen-bond donors (Lipinski definition) is 2. The van der Waals surface area contributed by atoms with Gasteiger partial charge in [0.2, 0.25) is 0 Å². The lowest BCUT2D eigenvalue weighted by atomic mass is 9.93. The van der Waals surface area contributed by atoms with Crippen molar-refractivity contribution < 1.29 is 0 Å². The lowest BCUT2D eigenvalue weighted by Gasteiger charge is -2.25. The number of likely N-dealkylation sites (N-methyl/N-ethyl adjacent to an activating group) is 1. The normalized spacial score (nSPS) is 34.4. The average Bonchev–Trinajstić information content (AvgIpc) is 1.98. The summed E-state index contributed by atoms with van der Waals surface area (Å²) in [6, 6.07) is 0.954. The summed E-state index contributed by atoms with van der Waals surface area (Å²) in [5, 5.41) is 3.30. The molecule has 0 saturated heterocycles. The van der Waals surface area contributed by atoms with E-state index in [9.17, 15) is 0 Å². The van der Waals surface area contributed by atoms with E-state index in [0.717, 1.165) is 0 Å². The van der Waals surface area contributed by atoms with Gasteiger partial charge >= 0.3 is 0 Å². The zero-order valence-corrected chi connectivity index (χ0v) is 7.47. The van der Waals surface area contributed by atoms with Crippen LogP contribution in [0.1, 0.15) is 38.5 Å². The average molecular weight is 156 g/mol. The van der Waals surface area contributed by atoms with Gasteiger partial charge in [-0.05, 0) is 19.9 Å². The number of nitrogens with two attached hydrogens (primary N) is 1. The van der Waals surface area contributed by atoms with Gasteiger partial charge in [0.25, 0.3) is 0 Å². The molecule has 1 saturated carbocycles. The second-order valence-electron chi connectivity index (χ2n) is 3.55. The van der Waals surface area contributed by atoms with Gasteiger partial charge in [-0.15, -0.1) is 0 Å². The van der Waals surface area contributed by atoms with E-state index in [2.05, 4.69) is 5.32 Å². The number of nitrogens with one attached hydrogen (secondary N) is 1. The van der Waals surface area contributed by atoms with E-state index in [-0.39, 0.29) is 0 Å². The molecule has 2 unspecified atom stereocenters. The summed E-state index contributed by atoms with van der Waals surface area (Å²) in [4.78, 5) is 0. The van der Waals surface area contributed by atoms with Crippen molar-refractivity contribution in [3.05, 3.63) is 0 Å². The summed E-state index contributed by atoms with van der Waals surface area (Å²) in [5.74, 6) is 0. The molecule has 1 rings (SSSR count). The van der Waals surface area contributed by atoms with Crippen LogP contribution in [0.5, 0.6) is 0 Å². The summed E-state index contributed by atoms with van der Waals surface area (Å²) in [6.07, 6.45) is 7.90. The fourth-order valence-corrected chi connectivity index (χ4v) is 1.87. The van der Waals surface area contributed by atoms with Crippen molar-refractivity contribution in [3.63, 3.8) is 0 Å². The fourth-order valence-electron chi connectivity index (χ4n) is 1.87. The molecule has 2 heteroatoms. The van der Waals surface area contributed by atoms with Gasteiger partial charge in [0, 0.05) is 12.1 Å². The smallest absolute Gasteiger partial charge is 0.0216 e. The van der Waals surface area contributed by atoms with Gasteiger partial charge in [0.15, 0.2) is 0 Å². The summed E-state index contributed by atoms with van der Waals surface area (Å²) >= 11 is 0. The van der Waals surface area contributed by atoms with E-state index in [1.165, 1.54) is 38.5 Å². The minimum absolute atomic E-state index is 0.389. The van der Waals surface area contributed by atoms with Gasteiger partial charge in [-0.1, -0.05) is 25.7 Å². The molecule has 1 aliphatic carbocycles.